The van der Waals surface area contributed by atoms with Gasteiger partial charge in [-0.3, -0.25) is 0 Å². The van der Waals surface area contributed by atoms with Gasteiger partial charge in [-0.25, -0.2) is 9.78 Å². The van der Waals surface area contributed by atoms with Crippen LogP contribution in [0.2, 0.25) is 0 Å². The second kappa shape index (κ2) is 8.58. The van der Waals surface area contributed by atoms with Gasteiger partial charge in [-0.05, 0) is 43.7 Å². The number of aryl methyl sites for hydroxylation is 1. The SMILES string of the molecule is CCOC(=O)c1ocnc1Sc1ccc(OCc2cccc(C)c2)cc1. The molecule has 0 saturated heterocycles. The van der Waals surface area contributed by atoms with Gasteiger partial charge < -0.3 is 13.9 Å². The fourth-order valence-corrected chi connectivity index (χ4v) is 3.14. The number of hydrogen-bond donors (Lipinski definition) is 0. The Balaban J connectivity index is 1.61. The minimum atomic E-state index is -0.509. The van der Waals surface area contributed by atoms with Crippen molar-refractivity contribution in [1.82, 2.24) is 4.98 Å². The summed E-state index contributed by atoms with van der Waals surface area (Å²) >= 11 is 1.34. The molecule has 134 valence electrons. The maximum atomic E-state index is 11.8. The highest BCUT2D eigenvalue weighted by atomic mass is 32.2. The molecule has 0 aliphatic carbocycles. The van der Waals surface area contributed by atoms with Gasteiger partial charge in [-0.2, -0.15) is 0 Å². The largest absolute Gasteiger partial charge is 0.489 e. The standard InChI is InChI=1S/C20H19NO4S/c1-3-23-20(22)18-19(21-13-25-18)26-17-9-7-16(8-10-17)24-12-15-6-4-5-14(2)11-15/h4-11,13H,3,12H2,1-2H3. The van der Waals surface area contributed by atoms with E-state index in [1.54, 1.807) is 6.92 Å². The average molecular weight is 369 g/mol. The van der Waals surface area contributed by atoms with Crippen LogP contribution < -0.4 is 4.74 Å². The number of carbonyl (C=O) groups excluding carboxylic acids is 1. The highest BCUT2D eigenvalue weighted by Gasteiger charge is 2.19. The number of carbonyl (C=O) groups is 1. The Morgan fingerprint density at radius 2 is 2.00 bits per heavy atom. The molecule has 0 saturated carbocycles. The summed E-state index contributed by atoms with van der Waals surface area (Å²) in [5, 5.41) is 0.483. The molecule has 5 nitrogen and oxygen atoms in total. The molecule has 0 amide bonds. The lowest BCUT2D eigenvalue weighted by molar-refractivity contribution is 0.0484. The second-order valence-corrected chi connectivity index (χ2v) is 6.62. The molecule has 3 rings (SSSR count). The van der Waals surface area contributed by atoms with Crippen LogP contribution in [0.5, 0.6) is 5.75 Å². The van der Waals surface area contributed by atoms with Gasteiger partial charge in [0.05, 0.1) is 6.61 Å². The summed E-state index contributed by atoms with van der Waals surface area (Å²) in [6.07, 6.45) is 1.24. The number of hydrogen-bond acceptors (Lipinski definition) is 6. The fraction of sp³-hybridized carbons (Fsp3) is 0.200. The topological polar surface area (TPSA) is 61.6 Å². The Bertz CT molecular complexity index is 874. The molecule has 6 heteroatoms. The van der Waals surface area contributed by atoms with Crippen molar-refractivity contribution < 1.29 is 18.7 Å². The van der Waals surface area contributed by atoms with Crippen LogP contribution in [0.25, 0.3) is 0 Å². The molecular weight excluding hydrogens is 350 g/mol. The van der Waals surface area contributed by atoms with E-state index in [1.807, 2.05) is 36.4 Å². The summed E-state index contributed by atoms with van der Waals surface area (Å²) in [4.78, 5) is 16.8. The van der Waals surface area contributed by atoms with Crippen molar-refractivity contribution in [2.24, 2.45) is 0 Å². The predicted octanol–water partition coefficient (Wildman–Crippen LogP) is 4.89. The highest BCUT2D eigenvalue weighted by Crippen LogP contribution is 2.31. The smallest absolute Gasteiger partial charge is 0.377 e. The zero-order valence-corrected chi connectivity index (χ0v) is 15.4. The van der Waals surface area contributed by atoms with Crippen molar-refractivity contribution in [3.8, 4) is 5.75 Å². The number of nitrogens with zero attached hydrogens (tertiary/aromatic N) is 1. The van der Waals surface area contributed by atoms with E-state index in [1.165, 1.54) is 23.7 Å². The summed E-state index contributed by atoms with van der Waals surface area (Å²) in [5.41, 5.74) is 2.34. The van der Waals surface area contributed by atoms with Crippen LogP contribution in [0.1, 0.15) is 28.6 Å². The van der Waals surface area contributed by atoms with E-state index in [0.717, 1.165) is 16.2 Å². The van der Waals surface area contributed by atoms with Crippen molar-refractivity contribution in [3.05, 3.63) is 71.8 Å². The summed E-state index contributed by atoms with van der Waals surface area (Å²) in [7, 11) is 0. The fourth-order valence-electron chi connectivity index (χ4n) is 2.32. The lowest BCUT2D eigenvalue weighted by Crippen LogP contribution is -2.04. The summed E-state index contributed by atoms with van der Waals surface area (Å²) in [6.45, 7) is 4.61. The zero-order valence-electron chi connectivity index (χ0n) is 14.6. The van der Waals surface area contributed by atoms with Crippen LogP contribution in [0.4, 0.5) is 0 Å². The first-order chi connectivity index (χ1) is 12.7. The number of ether oxygens (including phenoxy) is 2. The van der Waals surface area contributed by atoms with Crippen molar-refractivity contribution in [2.75, 3.05) is 6.61 Å². The number of benzene rings is 2. The lowest BCUT2D eigenvalue weighted by atomic mass is 10.1. The van der Waals surface area contributed by atoms with Crippen molar-refractivity contribution >= 4 is 17.7 Å². The summed E-state index contributed by atoms with van der Waals surface area (Å²) < 4.78 is 15.9. The third-order valence-corrected chi connectivity index (χ3v) is 4.51. The molecule has 26 heavy (non-hydrogen) atoms. The van der Waals surface area contributed by atoms with Gasteiger partial charge >= 0.3 is 5.97 Å². The lowest BCUT2D eigenvalue weighted by Gasteiger charge is -2.08. The van der Waals surface area contributed by atoms with Gasteiger partial charge in [0, 0.05) is 4.90 Å². The molecule has 1 aromatic heterocycles. The van der Waals surface area contributed by atoms with Crippen LogP contribution in [0.3, 0.4) is 0 Å². The summed E-state index contributed by atoms with van der Waals surface area (Å²) in [5.74, 6) is 0.392. The third kappa shape index (κ3) is 4.67. The Labute approximate surface area is 156 Å². The van der Waals surface area contributed by atoms with Crippen LogP contribution in [0.15, 0.2) is 69.3 Å². The van der Waals surface area contributed by atoms with Crippen molar-refractivity contribution in [1.29, 1.82) is 0 Å². The Morgan fingerprint density at radius 3 is 2.73 bits per heavy atom. The normalized spacial score (nSPS) is 10.5. The van der Waals surface area contributed by atoms with E-state index in [4.69, 9.17) is 13.9 Å². The van der Waals surface area contributed by atoms with Crippen LogP contribution >= 0.6 is 11.8 Å². The predicted molar refractivity (Wildman–Crippen MR) is 98.5 cm³/mol. The van der Waals surface area contributed by atoms with Crippen LogP contribution in [-0.4, -0.2) is 17.6 Å². The third-order valence-electron chi connectivity index (χ3n) is 3.52. The molecule has 0 unspecified atom stereocenters. The molecule has 2 aromatic carbocycles. The van der Waals surface area contributed by atoms with Gasteiger partial charge in [0.15, 0.2) is 11.4 Å². The van der Waals surface area contributed by atoms with E-state index in [0.29, 0.717) is 11.6 Å². The Morgan fingerprint density at radius 1 is 1.19 bits per heavy atom. The van der Waals surface area contributed by atoms with E-state index >= 15 is 0 Å². The maximum absolute atomic E-state index is 11.8. The Hall–Kier alpha value is -2.73. The van der Waals surface area contributed by atoms with Gasteiger partial charge in [0.1, 0.15) is 12.4 Å². The Kier molecular flexibility index (Phi) is 5.96. The molecule has 0 bridgehead atoms. The van der Waals surface area contributed by atoms with Crippen molar-refractivity contribution in [2.45, 2.75) is 30.4 Å². The van der Waals surface area contributed by atoms with Gasteiger partial charge in [0.25, 0.3) is 0 Å². The molecule has 0 aliphatic heterocycles. The highest BCUT2D eigenvalue weighted by molar-refractivity contribution is 7.99. The molecule has 1 heterocycles. The quantitative estimate of drug-likeness (QED) is 0.553. The van der Waals surface area contributed by atoms with Gasteiger partial charge in [0.2, 0.25) is 5.76 Å². The molecule has 0 spiro atoms. The van der Waals surface area contributed by atoms with Crippen molar-refractivity contribution in [3.63, 3.8) is 0 Å². The molecule has 0 N–H and O–H groups in total. The summed E-state index contributed by atoms with van der Waals surface area (Å²) in [6, 6.07) is 15.8. The minimum Gasteiger partial charge on any atom is -0.489 e. The van der Waals surface area contributed by atoms with E-state index < -0.39 is 5.97 Å². The van der Waals surface area contributed by atoms with Gasteiger partial charge in [-0.15, -0.1) is 0 Å². The zero-order chi connectivity index (χ0) is 18.4. The molecule has 0 fully saturated rings. The molecule has 0 aliphatic rings. The van der Waals surface area contributed by atoms with E-state index in [9.17, 15) is 4.79 Å². The maximum Gasteiger partial charge on any atom is 0.377 e. The number of esters is 1. The first-order valence-electron chi connectivity index (χ1n) is 8.22. The molecule has 0 atom stereocenters. The second-order valence-electron chi connectivity index (χ2n) is 5.56. The monoisotopic (exact) mass is 369 g/mol. The minimum absolute atomic E-state index is 0.122. The number of rotatable bonds is 7. The first kappa shape index (κ1) is 18.1. The average Bonchev–Trinajstić information content (AvgIpc) is 3.10. The molecule has 3 aromatic rings. The number of aromatic nitrogens is 1. The number of oxazole rings is 1. The van der Waals surface area contributed by atoms with Crippen LogP contribution in [0, 0.1) is 6.92 Å². The van der Waals surface area contributed by atoms with E-state index in [2.05, 4.69) is 24.0 Å². The first-order valence-corrected chi connectivity index (χ1v) is 9.04. The van der Waals surface area contributed by atoms with E-state index in [-0.39, 0.29) is 12.4 Å². The molecular formula is C20H19NO4S. The van der Waals surface area contributed by atoms with Crippen LogP contribution in [-0.2, 0) is 11.3 Å². The molecule has 0 radical (unpaired) electrons. The van der Waals surface area contributed by atoms with Gasteiger partial charge in [-0.1, -0.05) is 41.6 Å².